The highest BCUT2D eigenvalue weighted by Crippen LogP contribution is 2.10. The van der Waals surface area contributed by atoms with Crippen molar-refractivity contribution in [1.82, 2.24) is 10.3 Å². The molecule has 114 valence electrons. The number of hydrogen-bond acceptors (Lipinski definition) is 4. The number of anilines is 1. The molecule has 20 heavy (non-hydrogen) atoms. The van der Waals surface area contributed by atoms with Gasteiger partial charge in [0.15, 0.2) is 0 Å². The maximum absolute atomic E-state index is 5.57. The summed E-state index contributed by atoms with van der Waals surface area (Å²) in [4.78, 5) is 6.81. The Morgan fingerprint density at radius 1 is 1.30 bits per heavy atom. The number of aromatic nitrogens is 1. The van der Waals surface area contributed by atoms with E-state index < -0.39 is 0 Å². The van der Waals surface area contributed by atoms with Gasteiger partial charge in [0.1, 0.15) is 5.82 Å². The summed E-state index contributed by atoms with van der Waals surface area (Å²) in [5.74, 6) is 0.991. The number of hydrogen-bond donors (Lipinski definition) is 1. The van der Waals surface area contributed by atoms with E-state index in [1.807, 2.05) is 13.1 Å². The monoisotopic (exact) mass is 279 g/mol. The van der Waals surface area contributed by atoms with E-state index >= 15 is 0 Å². The first-order chi connectivity index (χ1) is 9.28. The van der Waals surface area contributed by atoms with Crippen molar-refractivity contribution >= 4 is 5.82 Å². The van der Waals surface area contributed by atoms with Gasteiger partial charge in [0, 0.05) is 25.7 Å². The van der Waals surface area contributed by atoms with Gasteiger partial charge in [-0.1, -0.05) is 6.07 Å². The van der Waals surface area contributed by atoms with Crippen molar-refractivity contribution in [1.29, 1.82) is 0 Å². The van der Waals surface area contributed by atoms with Crippen LogP contribution in [0.25, 0.3) is 0 Å². The molecule has 0 atom stereocenters. The lowest BCUT2D eigenvalue weighted by molar-refractivity contribution is 0.0845. The quantitative estimate of drug-likeness (QED) is 0.833. The van der Waals surface area contributed by atoms with Crippen LogP contribution in [0.3, 0.4) is 0 Å². The minimum Gasteiger partial charge on any atom is -0.377 e. The lowest BCUT2D eigenvalue weighted by Gasteiger charge is -2.22. The molecule has 0 radical (unpaired) electrons. The fourth-order valence-electron chi connectivity index (χ4n) is 1.67. The Balaban J connectivity index is 2.54. The Labute approximate surface area is 123 Å². The highest BCUT2D eigenvalue weighted by Gasteiger charge is 2.10. The van der Waals surface area contributed by atoms with E-state index in [4.69, 9.17) is 4.74 Å². The van der Waals surface area contributed by atoms with Gasteiger partial charge in [0.2, 0.25) is 0 Å². The van der Waals surface area contributed by atoms with Gasteiger partial charge in [-0.15, -0.1) is 0 Å². The molecule has 0 aliphatic carbocycles. The summed E-state index contributed by atoms with van der Waals surface area (Å²) in [6, 6.07) is 6.15. The molecule has 4 heteroatoms. The van der Waals surface area contributed by atoms with E-state index in [1.165, 1.54) is 0 Å². The first-order valence-electron chi connectivity index (χ1n) is 7.31. The van der Waals surface area contributed by atoms with Crippen LogP contribution in [0.2, 0.25) is 0 Å². The number of ether oxygens (including phenoxy) is 1. The summed E-state index contributed by atoms with van der Waals surface area (Å²) in [6.45, 7) is 12.9. The molecule has 1 N–H and O–H groups in total. The standard InChI is InChI=1S/C16H29N3O/c1-13(2)20-11-10-19(6)15-9-7-8-14(18-15)12-17-16(3,4)5/h7-9,13,17H,10-12H2,1-6H3. The molecular weight excluding hydrogens is 250 g/mol. The summed E-state index contributed by atoms with van der Waals surface area (Å²) in [5.41, 5.74) is 1.17. The molecule has 0 bridgehead atoms. The van der Waals surface area contributed by atoms with Crippen LogP contribution < -0.4 is 10.2 Å². The molecule has 1 aromatic rings. The molecule has 1 aromatic heterocycles. The summed E-state index contributed by atoms with van der Waals surface area (Å²) in [7, 11) is 2.05. The second-order valence-electron chi connectivity index (χ2n) is 6.43. The van der Waals surface area contributed by atoms with Gasteiger partial charge in [-0.2, -0.15) is 0 Å². The van der Waals surface area contributed by atoms with Gasteiger partial charge in [-0.3, -0.25) is 0 Å². The molecule has 0 saturated carbocycles. The average Bonchev–Trinajstić information content (AvgIpc) is 2.35. The van der Waals surface area contributed by atoms with E-state index in [0.29, 0.717) is 0 Å². The number of likely N-dealkylation sites (N-methyl/N-ethyl adjacent to an activating group) is 1. The second kappa shape index (κ2) is 7.60. The topological polar surface area (TPSA) is 37.4 Å². The predicted molar refractivity (Wildman–Crippen MR) is 85.2 cm³/mol. The maximum atomic E-state index is 5.57. The van der Waals surface area contributed by atoms with Gasteiger partial charge in [-0.05, 0) is 46.8 Å². The fraction of sp³-hybridized carbons (Fsp3) is 0.688. The zero-order chi connectivity index (χ0) is 15.2. The van der Waals surface area contributed by atoms with Crippen molar-refractivity contribution in [3.63, 3.8) is 0 Å². The maximum Gasteiger partial charge on any atom is 0.128 e. The number of nitrogens with one attached hydrogen (secondary N) is 1. The first-order valence-corrected chi connectivity index (χ1v) is 7.31. The van der Waals surface area contributed by atoms with Gasteiger partial charge >= 0.3 is 0 Å². The van der Waals surface area contributed by atoms with Gasteiger partial charge in [-0.25, -0.2) is 4.98 Å². The first kappa shape index (κ1) is 16.9. The number of nitrogens with zero attached hydrogens (tertiary/aromatic N) is 2. The fourth-order valence-corrected chi connectivity index (χ4v) is 1.67. The molecular formula is C16H29N3O. The Morgan fingerprint density at radius 2 is 2.00 bits per heavy atom. The number of rotatable bonds is 7. The minimum atomic E-state index is 0.106. The molecule has 0 saturated heterocycles. The van der Waals surface area contributed by atoms with E-state index in [2.05, 4.69) is 62.0 Å². The van der Waals surface area contributed by atoms with Crippen LogP contribution in [0.4, 0.5) is 5.82 Å². The van der Waals surface area contributed by atoms with Crippen LogP contribution in [0.15, 0.2) is 18.2 Å². The molecule has 4 nitrogen and oxygen atoms in total. The molecule has 0 aromatic carbocycles. The third-order valence-electron chi connectivity index (χ3n) is 2.86. The Kier molecular flexibility index (Phi) is 6.43. The summed E-state index contributed by atoms with van der Waals surface area (Å²) < 4.78 is 5.57. The van der Waals surface area contributed by atoms with Crippen molar-refractivity contribution in [3.05, 3.63) is 23.9 Å². The van der Waals surface area contributed by atoms with Crippen LogP contribution in [0.5, 0.6) is 0 Å². The van der Waals surface area contributed by atoms with E-state index in [-0.39, 0.29) is 11.6 Å². The predicted octanol–water partition coefficient (Wildman–Crippen LogP) is 2.83. The Hall–Kier alpha value is -1.13. The van der Waals surface area contributed by atoms with E-state index in [0.717, 1.165) is 31.2 Å². The van der Waals surface area contributed by atoms with Crippen molar-refractivity contribution in [2.75, 3.05) is 25.1 Å². The van der Waals surface area contributed by atoms with E-state index in [9.17, 15) is 0 Å². The lowest BCUT2D eigenvalue weighted by Crippen LogP contribution is -2.35. The number of pyridine rings is 1. The smallest absolute Gasteiger partial charge is 0.128 e. The van der Waals surface area contributed by atoms with Crippen LogP contribution in [-0.2, 0) is 11.3 Å². The molecule has 0 aliphatic heterocycles. The average molecular weight is 279 g/mol. The molecule has 0 aliphatic rings. The third kappa shape index (κ3) is 6.87. The van der Waals surface area contributed by atoms with Crippen LogP contribution in [0, 0.1) is 0 Å². The van der Waals surface area contributed by atoms with Crippen molar-refractivity contribution in [3.8, 4) is 0 Å². The van der Waals surface area contributed by atoms with Gasteiger partial charge < -0.3 is 15.0 Å². The van der Waals surface area contributed by atoms with Gasteiger partial charge in [0.05, 0.1) is 18.4 Å². The Morgan fingerprint density at radius 3 is 2.60 bits per heavy atom. The molecule has 1 rings (SSSR count). The largest absolute Gasteiger partial charge is 0.377 e. The zero-order valence-corrected chi connectivity index (χ0v) is 13.7. The molecule has 1 heterocycles. The van der Waals surface area contributed by atoms with Crippen LogP contribution >= 0.6 is 0 Å². The van der Waals surface area contributed by atoms with Gasteiger partial charge in [0.25, 0.3) is 0 Å². The SMILES string of the molecule is CC(C)OCCN(C)c1cccc(CNC(C)(C)C)n1. The molecule has 0 spiro atoms. The van der Waals surface area contributed by atoms with Crippen LogP contribution in [-0.4, -0.2) is 36.8 Å². The highest BCUT2D eigenvalue weighted by molar-refractivity contribution is 5.38. The molecule has 0 fully saturated rings. The minimum absolute atomic E-state index is 0.106. The van der Waals surface area contributed by atoms with E-state index in [1.54, 1.807) is 0 Å². The Bertz CT molecular complexity index is 399. The zero-order valence-electron chi connectivity index (χ0n) is 13.7. The molecule has 0 amide bonds. The normalized spacial score (nSPS) is 11.9. The van der Waals surface area contributed by atoms with Crippen molar-refractivity contribution < 1.29 is 4.74 Å². The lowest BCUT2D eigenvalue weighted by atomic mass is 10.1. The van der Waals surface area contributed by atoms with Crippen molar-refractivity contribution in [2.45, 2.75) is 52.8 Å². The van der Waals surface area contributed by atoms with Crippen LogP contribution in [0.1, 0.15) is 40.3 Å². The summed E-state index contributed by atoms with van der Waals surface area (Å²) in [6.07, 6.45) is 0.277. The van der Waals surface area contributed by atoms with Crippen molar-refractivity contribution in [2.24, 2.45) is 0 Å². The summed E-state index contributed by atoms with van der Waals surface area (Å²) >= 11 is 0. The highest BCUT2D eigenvalue weighted by atomic mass is 16.5. The third-order valence-corrected chi connectivity index (χ3v) is 2.86. The summed E-state index contributed by atoms with van der Waals surface area (Å²) in [5, 5.41) is 3.46. The second-order valence-corrected chi connectivity index (χ2v) is 6.43. The molecule has 0 unspecified atom stereocenters.